The van der Waals surface area contributed by atoms with Crippen LogP contribution in [0.15, 0.2) is 12.5 Å². The Morgan fingerprint density at radius 1 is 1.89 bits per heavy atom. The van der Waals surface area contributed by atoms with Gasteiger partial charge < -0.3 is 9.94 Å². The van der Waals surface area contributed by atoms with E-state index < -0.39 is 0 Å². The largest absolute Gasteiger partial charge is 0.395 e. The lowest BCUT2D eigenvalue weighted by atomic mass is 10.4. The van der Waals surface area contributed by atoms with E-state index in [1.807, 2.05) is 0 Å². The molecule has 4 nitrogen and oxygen atoms in total. The van der Waals surface area contributed by atoms with E-state index in [0.717, 1.165) is 0 Å². The summed E-state index contributed by atoms with van der Waals surface area (Å²) in [4.78, 5) is 4.64. The minimum atomic E-state index is -0.344. The average molecular weight is 130 g/mol. The van der Waals surface area contributed by atoms with Crippen LogP contribution in [-0.4, -0.2) is 22.8 Å². The van der Waals surface area contributed by atoms with Crippen LogP contribution >= 0.6 is 0 Å². The molecule has 0 aliphatic carbocycles. The van der Waals surface area contributed by atoms with E-state index in [0.29, 0.717) is 6.54 Å². The number of hydrazine groups is 1. The van der Waals surface area contributed by atoms with Gasteiger partial charge in [-0.2, -0.15) is 0 Å². The molecule has 0 fully saturated rings. The zero-order valence-electron chi connectivity index (χ0n) is 5.24. The van der Waals surface area contributed by atoms with Crippen molar-refractivity contribution in [2.75, 3.05) is 6.54 Å². The summed E-state index contributed by atoms with van der Waals surface area (Å²) in [6.45, 7) is 2.25. The van der Waals surface area contributed by atoms with Gasteiger partial charge in [0.1, 0.15) is 6.26 Å². The summed E-state index contributed by atoms with van der Waals surface area (Å²) in [7, 11) is 0. The van der Waals surface area contributed by atoms with Gasteiger partial charge in [-0.25, -0.2) is 0 Å². The Bertz CT molecular complexity index is 114. The van der Waals surface area contributed by atoms with Crippen LogP contribution in [0, 0.1) is 0 Å². The number of β-amino-alcohol motifs (C(OH)–C–C–N with tert-alkyl or cyclic N) is 1. The molecule has 0 saturated heterocycles. The summed E-state index contributed by atoms with van der Waals surface area (Å²) in [5.74, 6) is 0. The SMILES string of the molecule is CC(O)CN1C=CON1. The Morgan fingerprint density at radius 2 is 2.67 bits per heavy atom. The van der Waals surface area contributed by atoms with Gasteiger partial charge in [0, 0.05) is 0 Å². The fourth-order valence-electron chi connectivity index (χ4n) is 0.615. The maximum Gasteiger partial charge on any atom is 0.131 e. The molecule has 1 aliphatic heterocycles. The summed E-state index contributed by atoms with van der Waals surface area (Å²) in [6.07, 6.45) is 2.89. The predicted molar refractivity (Wildman–Crippen MR) is 31.7 cm³/mol. The second kappa shape index (κ2) is 2.70. The van der Waals surface area contributed by atoms with Crippen LogP contribution in [0.25, 0.3) is 0 Å². The number of nitrogens with zero attached hydrogens (tertiary/aromatic N) is 1. The van der Waals surface area contributed by atoms with E-state index in [-0.39, 0.29) is 6.10 Å². The van der Waals surface area contributed by atoms with Gasteiger partial charge in [0.15, 0.2) is 0 Å². The molecule has 1 unspecified atom stereocenters. The number of nitrogens with one attached hydrogen (secondary N) is 1. The first-order chi connectivity index (χ1) is 4.29. The van der Waals surface area contributed by atoms with Crippen LogP contribution in [-0.2, 0) is 4.84 Å². The third-order valence-corrected chi connectivity index (χ3v) is 0.940. The van der Waals surface area contributed by atoms with Crippen molar-refractivity contribution in [3.8, 4) is 0 Å². The molecule has 4 heteroatoms. The van der Waals surface area contributed by atoms with Crippen LogP contribution < -0.4 is 5.59 Å². The number of rotatable bonds is 2. The Balaban J connectivity index is 2.20. The first-order valence-corrected chi connectivity index (χ1v) is 2.81. The molecule has 0 amide bonds. The van der Waals surface area contributed by atoms with E-state index >= 15 is 0 Å². The van der Waals surface area contributed by atoms with Crippen molar-refractivity contribution < 1.29 is 9.94 Å². The molecule has 0 bridgehead atoms. The van der Waals surface area contributed by atoms with E-state index in [1.165, 1.54) is 6.26 Å². The average Bonchev–Trinajstić information content (AvgIpc) is 2.15. The lowest BCUT2D eigenvalue weighted by Gasteiger charge is -2.14. The maximum absolute atomic E-state index is 8.84. The van der Waals surface area contributed by atoms with E-state index in [2.05, 4.69) is 10.4 Å². The lowest BCUT2D eigenvalue weighted by Crippen LogP contribution is -2.33. The molecular weight excluding hydrogens is 120 g/mol. The first kappa shape index (κ1) is 6.38. The Labute approximate surface area is 53.6 Å². The number of aliphatic hydroxyl groups is 1. The number of hydrogen-bond donors (Lipinski definition) is 2. The third kappa shape index (κ3) is 1.91. The number of aliphatic hydroxyl groups excluding tert-OH is 1. The highest BCUT2D eigenvalue weighted by atomic mass is 16.7. The van der Waals surface area contributed by atoms with Crippen LogP contribution in [0.2, 0.25) is 0 Å². The van der Waals surface area contributed by atoms with Crippen LogP contribution in [0.3, 0.4) is 0 Å². The maximum atomic E-state index is 8.84. The van der Waals surface area contributed by atoms with Gasteiger partial charge in [-0.15, -0.1) is 0 Å². The summed E-state index contributed by atoms with van der Waals surface area (Å²) in [6, 6.07) is 0. The van der Waals surface area contributed by atoms with Gasteiger partial charge in [0.2, 0.25) is 0 Å². The van der Waals surface area contributed by atoms with Gasteiger partial charge in [0.25, 0.3) is 0 Å². The monoisotopic (exact) mass is 130 g/mol. The third-order valence-electron chi connectivity index (χ3n) is 0.940. The highest BCUT2D eigenvalue weighted by molar-refractivity contribution is 4.76. The van der Waals surface area contributed by atoms with Gasteiger partial charge in [-0.3, -0.25) is 5.01 Å². The van der Waals surface area contributed by atoms with Crippen LogP contribution in [0.4, 0.5) is 0 Å². The molecule has 0 aromatic rings. The van der Waals surface area contributed by atoms with Crippen molar-refractivity contribution in [1.29, 1.82) is 0 Å². The molecule has 0 spiro atoms. The summed E-state index contributed by atoms with van der Waals surface area (Å²) < 4.78 is 0. The minimum Gasteiger partial charge on any atom is -0.395 e. The molecule has 52 valence electrons. The fraction of sp³-hybridized carbons (Fsp3) is 0.600. The smallest absolute Gasteiger partial charge is 0.131 e. The molecule has 9 heavy (non-hydrogen) atoms. The molecule has 1 aliphatic rings. The quantitative estimate of drug-likeness (QED) is 0.533. The second-order valence-electron chi connectivity index (χ2n) is 2.00. The first-order valence-electron chi connectivity index (χ1n) is 2.81. The molecule has 0 aromatic heterocycles. The van der Waals surface area contributed by atoms with Crippen molar-refractivity contribution in [3.05, 3.63) is 12.5 Å². The van der Waals surface area contributed by atoms with E-state index in [1.54, 1.807) is 18.1 Å². The van der Waals surface area contributed by atoms with Crippen molar-refractivity contribution in [3.63, 3.8) is 0 Å². The topological polar surface area (TPSA) is 44.7 Å². The van der Waals surface area contributed by atoms with Gasteiger partial charge in [0.05, 0.1) is 18.8 Å². The molecule has 0 aromatic carbocycles. The summed E-state index contributed by atoms with van der Waals surface area (Å²) in [5.41, 5.74) is 2.55. The van der Waals surface area contributed by atoms with Gasteiger partial charge in [-0.05, 0) is 6.92 Å². The van der Waals surface area contributed by atoms with Crippen molar-refractivity contribution >= 4 is 0 Å². The molecule has 2 N–H and O–H groups in total. The normalized spacial score (nSPS) is 20.0. The second-order valence-corrected chi connectivity index (χ2v) is 2.00. The Kier molecular flexibility index (Phi) is 1.92. The molecule has 1 atom stereocenters. The number of hydrogen-bond acceptors (Lipinski definition) is 4. The molecule has 1 rings (SSSR count). The van der Waals surface area contributed by atoms with Crippen LogP contribution in [0.5, 0.6) is 0 Å². The molecule has 0 saturated carbocycles. The highest BCUT2D eigenvalue weighted by Gasteiger charge is 2.05. The molecule has 1 heterocycles. The Hall–Kier alpha value is -0.740. The predicted octanol–water partition coefficient (Wildman–Crippen LogP) is -0.410. The molecule has 0 radical (unpaired) electrons. The van der Waals surface area contributed by atoms with Crippen molar-refractivity contribution in [1.82, 2.24) is 10.6 Å². The van der Waals surface area contributed by atoms with E-state index in [4.69, 9.17) is 5.11 Å². The standard InChI is InChI=1S/C5H10N2O2/c1-5(8)4-7-2-3-9-6-7/h2-3,5-6,8H,4H2,1H3. The van der Waals surface area contributed by atoms with Gasteiger partial charge in [-0.1, -0.05) is 5.59 Å². The van der Waals surface area contributed by atoms with Gasteiger partial charge >= 0.3 is 0 Å². The van der Waals surface area contributed by atoms with E-state index in [9.17, 15) is 0 Å². The summed E-state index contributed by atoms with van der Waals surface area (Å²) >= 11 is 0. The highest BCUT2D eigenvalue weighted by Crippen LogP contribution is 1.94. The van der Waals surface area contributed by atoms with Crippen molar-refractivity contribution in [2.45, 2.75) is 13.0 Å². The zero-order chi connectivity index (χ0) is 6.69. The summed E-state index contributed by atoms with van der Waals surface area (Å²) in [5, 5.41) is 10.5. The zero-order valence-corrected chi connectivity index (χ0v) is 5.24. The minimum absolute atomic E-state index is 0.344. The Morgan fingerprint density at radius 3 is 3.11 bits per heavy atom. The fourth-order valence-corrected chi connectivity index (χ4v) is 0.615. The lowest BCUT2D eigenvalue weighted by molar-refractivity contribution is 0.0124. The molecular formula is C5H10N2O2. The van der Waals surface area contributed by atoms with Crippen molar-refractivity contribution in [2.24, 2.45) is 0 Å². The van der Waals surface area contributed by atoms with Crippen LogP contribution in [0.1, 0.15) is 6.92 Å².